The maximum Gasteiger partial charge on any atom is 0.305 e. The minimum atomic E-state index is -0.183. The summed E-state index contributed by atoms with van der Waals surface area (Å²) in [4.78, 5) is 22.5. The molecule has 0 aliphatic heterocycles. The molecule has 5 nitrogen and oxygen atoms in total. The van der Waals surface area contributed by atoms with Crippen molar-refractivity contribution in [3.8, 4) is 0 Å². The zero-order chi connectivity index (χ0) is 14.0. The summed E-state index contributed by atoms with van der Waals surface area (Å²) in [5.74, 6) is 0.238. The van der Waals surface area contributed by atoms with E-state index in [0.29, 0.717) is 38.5 Å². The molecule has 0 radical (unpaired) electrons. The molecule has 0 saturated heterocycles. The number of carbonyl (C=O) groups is 2. The van der Waals surface area contributed by atoms with Gasteiger partial charge in [0, 0.05) is 12.5 Å². The van der Waals surface area contributed by atoms with E-state index < -0.39 is 0 Å². The summed E-state index contributed by atoms with van der Waals surface area (Å²) in [5, 5.41) is 5.91. The largest absolute Gasteiger partial charge is 0.466 e. The summed E-state index contributed by atoms with van der Waals surface area (Å²) in [6.07, 6.45) is 1.08. The first kappa shape index (κ1) is 16.9. The van der Waals surface area contributed by atoms with Crippen molar-refractivity contribution in [3.63, 3.8) is 0 Å². The first-order valence-electron chi connectivity index (χ1n) is 6.63. The highest BCUT2D eigenvalue weighted by Gasteiger charge is 2.10. The lowest BCUT2D eigenvalue weighted by Gasteiger charge is -2.17. The highest BCUT2D eigenvalue weighted by atomic mass is 16.5. The minimum Gasteiger partial charge on any atom is -0.466 e. The van der Waals surface area contributed by atoms with Crippen molar-refractivity contribution in [2.45, 2.75) is 46.6 Å². The van der Waals surface area contributed by atoms with Crippen LogP contribution in [0.4, 0.5) is 0 Å². The molecular formula is C13H26N2O3. The van der Waals surface area contributed by atoms with Gasteiger partial charge in [0.2, 0.25) is 5.91 Å². The van der Waals surface area contributed by atoms with Gasteiger partial charge in [-0.15, -0.1) is 0 Å². The van der Waals surface area contributed by atoms with Crippen LogP contribution in [-0.2, 0) is 14.3 Å². The molecule has 1 amide bonds. The van der Waals surface area contributed by atoms with Crippen LogP contribution >= 0.6 is 0 Å². The van der Waals surface area contributed by atoms with Crippen LogP contribution in [0.2, 0.25) is 0 Å². The predicted molar refractivity (Wildman–Crippen MR) is 71.2 cm³/mol. The average molecular weight is 258 g/mol. The molecule has 0 bridgehead atoms. The lowest BCUT2D eigenvalue weighted by molar-refractivity contribution is -0.143. The molecule has 0 aliphatic rings. The van der Waals surface area contributed by atoms with Crippen LogP contribution in [0.5, 0.6) is 0 Å². The van der Waals surface area contributed by atoms with E-state index in [4.69, 9.17) is 4.74 Å². The Balaban J connectivity index is 3.49. The summed E-state index contributed by atoms with van der Waals surface area (Å²) in [6, 6.07) is 0.179. The molecule has 0 spiro atoms. The SMILES string of the molecule is CCOC(=O)CCCNCC(=O)NC(C)C(C)C. The number of esters is 1. The van der Waals surface area contributed by atoms with Crippen LogP contribution in [0.15, 0.2) is 0 Å². The summed E-state index contributed by atoms with van der Waals surface area (Å²) in [6.45, 7) is 9.26. The van der Waals surface area contributed by atoms with Crippen molar-refractivity contribution in [1.82, 2.24) is 10.6 Å². The Kier molecular flexibility index (Phi) is 9.28. The maximum absolute atomic E-state index is 11.5. The van der Waals surface area contributed by atoms with E-state index in [9.17, 15) is 9.59 Å². The summed E-state index contributed by atoms with van der Waals surface area (Å²) in [7, 11) is 0. The number of rotatable bonds is 9. The van der Waals surface area contributed by atoms with Gasteiger partial charge in [-0.2, -0.15) is 0 Å². The van der Waals surface area contributed by atoms with Crippen molar-refractivity contribution in [3.05, 3.63) is 0 Å². The standard InChI is InChI=1S/C13H26N2O3/c1-5-18-13(17)7-6-8-14-9-12(16)15-11(4)10(2)3/h10-11,14H,5-9H2,1-4H3,(H,15,16). The van der Waals surface area contributed by atoms with E-state index in [1.807, 2.05) is 6.92 Å². The second kappa shape index (κ2) is 9.88. The molecule has 1 atom stereocenters. The molecule has 1 unspecified atom stereocenters. The molecule has 0 saturated carbocycles. The smallest absolute Gasteiger partial charge is 0.305 e. The first-order chi connectivity index (χ1) is 8.47. The molecule has 18 heavy (non-hydrogen) atoms. The number of carbonyl (C=O) groups excluding carboxylic acids is 2. The maximum atomic E-state index is 11.5. The quantitative estimate of drug-likeness (QED) is 0.480. The molecule has 0 aromatic rings. The molecule has 106 valence electrons. The van der Waals surface area contributed by atoms with Crippen molar-refractivity contribution in [2.75, 3.05) is 19.7 Å². The lowest BCUT2D eigenvalue weighted by atomic mass is 10.1. The molecule has 0 fully saturated rings. The lowest BCUT2D eigenvalue weighted by Crippen LogP contribution is -2.41. The van der Waals surface area contributed by atoms with Crippen LogP contribution in [0.1, 0.15) is 40.5 Å². The number of amides is 1. The Labute approximate surface area is 110 Å². The normalized spacial score (nSPS) is 12.3. The Morgan fingerprint density at radius 3 is 2.44 bits per heavy atom. The number of hydrogen-bond donors (Lipinski definition) is 2. The van der Waals surface area contributed by atoms with Crippen molar-refractivity contribution < 1.29 is 14.3 Å². The van der Waals surface area contributed by atoms with Gasteiger partial charge in [-0.25, -0.2) is 0 Å². The highest BCUT2D eigenvalue weighted by Crippen LogP contribution is 1.98. The molecule has 0 aliphatic carbocycles. The third-order valence-corrected chi connectivity index (χ3v) is 2.71. The number of hydrogen-bond acceptors (Lipinski definition) is 4. The molecular weight excluding hydrogens is 232 g/mol. The zero-order valence-corrected chi connectivity index (χ0v) is 11.9. The van der Waals surface area contributed by atoms with Crippen LogP contribution < -0.4 is 10.6 Å². The van der Waals surface area contributed by atoms with Gasteiger partial charge >= 0.3 is 5.97 Å². The highest BCUT2D eigenvalue weighted by molar-refractivity contribution is 5.78. The van der Waals surface area contributed by atoms with Crippen LogP contribution in [0.25, 0.3) is 0 Å². The van der Waals surface area contributed by atoms with Gasteiger partial charge in [0.25, 0.3) is 0 Å². The fraction of sp³-hybridized carbons (Fsp3) is 0.846. The summed E-state index contributed by atoms with van der Waals surface area (Å²) < 4.78 is 4.80. The van der Waals surface area contributed by atoms with Crippen LogP contribution in [0, 0.1) is 5.92 Å². The Hall–Kier alpha value is -1.10. The monoisotopic (exact) mass is 258 g/mol. The zero-order valence-electron chi connectivity index (χ0n) is 11.9. The molecule has 0 aromatic heterocycles. The van der Waals surface area contributed by atoms with Gasteiger partial charge in [0.05, 0.1) is 13.2 Å². The van der Waals surface area contributed by atoms with Gasteiger partial charge in [-0.3, -0.25) is 9.59 Å². The second-order valence-corrected chi connectivity index (χ2v) is 4.69. The van der Waals surface area contributed by atoms with Crippen LogP contribution in [-0.4, -0.2) is 37.6 Å². The molecule has 0 heterocycles. The van der Waals surface area contributed by atoms with E-state index >= 15 is 0 Å². The fourth-order valence-corrected chi connectivity index (χ4v) is 1.26. The Morgan fingerprint density at radius 1 is 1.22 bits per heavy atom. The summed E-state index contributed by atoms with van der Waals surface area (Å²) in [5.41, 5.74) is 0. The first-order valence-corrected chi connectivity index (χ1v) is 6.63. The molecule has 2 N–H and O–H groups in total. The van der Waals surface area contributed by atoms with Crippen molar-refractivity contribution in [2.24, 2.45) is 5.92 Å². The van der Waals surface area contributed by atoms with Crippen LogP contribution in [0.3, 0.4) is 0 Å². The van der Waals surface area contributed by atoms with E-state index in [2.05, 4.69) is 24.5 Å². The van der Waals surface area contributed by atoms with E-state index in [1.54, 1.807) is 6.92 Å². The Bertz CT molecular complexity index is 255. The number of ether oxygens (including phenoxy) is 1. The fourth-order valence-electron chi connectivity index (χ4n) is 1.26. The molecule has 0 rings (SSSR count). The summed E-state index contributed by atoms with van der Waals surface area (Å²) >= 11 is 0. The third-order valence-electron chi connectivity index (χ3n) is 2.71. The third kappa shape index (κ3) is 8.98. The minimum absolute atomic E-state index is 0.00710. The van der Waals surface area contributed by atoms with E-state index in [0.717, 1.165) is 0 Å². The number of nitrogens with one attached hydrogen (secondary N) is 2. The van der Waals surface area contributed by atoms with Gasteiger partial charge in [0.1, 0.15) is 0 Å². The average Bonchev–Trinajstić information content (AvgIpc) is 2.28. The van der Waals surface area contributed by atoms with E-state index in [-0.39, 0.29) is 17.9 Å². The van der Waals surface area contributed by atoms with Gasteiger partial charge in [-0.1, -0.05) is 13.8 Å². The molecule has 5 heteroatoms. The molecule has 0 aromatic carbocycles. The van der Waals surface area contributed by atoms with Gasteiger partial charge in [-0.05, 0) is 32.7 Å². The predicted octanol–water partition coefficient (Wildman–Crippen LogP) is 1.08. The Morgan fingerprint density at radius 2 is 1.89 bits per heavy atom. The van der Waals surface area contributed by atoms with E-state index in [1.165, 1.54) is 0 Å². The topological polar surface area (TPSA) is 67.4 Å². The van der Waals surface area contributed by atoms with Crippen molar-refractivity contribution in [1.29, 1.82) is 0 Å². The van der Waals surface area contributed by atoms with Gasteiger partial charge < -0.3 is 15.4 Å². The van der Waals surface area contributed by atoms with Crippen molar-refractivity contribution >= 4 is 11.9 Å². The van der Waals surface area contributed by atoms with Gasteiger partial charge in [0.15, 0.2) is 0 Å². The second-order valence-electron chi connectivity index (χ2n) is 4.69.